The Labute approximate surface area is 158 Å². The van der Waals surface area contributed by atoms with E-state index in [0.29, 0.717) is 26.6 Å². The van der Waals surface area contributed by atoms with Crippen molar-refractivity contribution in [2.75, 3.05) is 11.1 Å². The molecule has 0 aliphatic rings. The van der Waals surface area contributed by atoms with Crippen LogP contribution in [0.1, 0.15) is 27.7 Å². The van der Waals surface area contributed by atoms with E-state index < -0.39 is 0 Å². The number of aromatic nitrogens is 2. The van der Waals surface area contributed by atoms with Crippen LogP contribution in [-0.2, 0) is 4.79 Å². The number of rotatable bonds is 5. The van der Waals surface area contributed by atoms with Crippen molar-refractivity contribution in [3.63, 3.8) is 0 Å². The minimum Gasteiger partial charge on any atom is -0.326 e. The predicted molar refractivity (Wildman–Crippen MR) is 106 cm³/mol. The molecule has 0 saturated carbocycles. The van der Waals surface area contributed by atoms with Crippen LogP contribution in [0, 0.1) is 13.8 Å². The number of carbonyl (C=O) groups excluding carboxylic acids is 2. The van der Waals surface area contributed by atoms with Crippen molar-refractivity contribution < 1.29 is 9.59 Å². The molecule has 0 spiro atoms. The number of carbonyl (C=O) groups is 2. The maximum absolute atomic E-state index is 12.3. The highest BCUT2D eigenvalue weighted by Gasteiger charge is 2.13. The van der Waals surface area contributed by atoms with Crippen LogP contribution < -0.4 is 10.9 Å². The third-order valence-corrected chi connectivity index (χ3v) is 5.86. The van der Waals surface area contributed by atoms with E-state index in [9.17, 15) is 14.4 Å². The average molecular weight is 387 g/mol. The number of thiophene rings is 1. The van der Waals surface area contributed by atoms with Gasteiger partial charge in [0.15, 0.2) is 10.9 Å². The summed E-state index contributed by atoms with van der Waals surface area (Å²) in [5.74, 6) is -0.0770. The second kappa shape index (κ2) is 7.43. The van der Waals surface area contributed by atoms with Gasteiger partial charge in [-0.05, 0) is 43.7 Å². The zero-order chi connectivity index (χ0) is 18.8. The summed E-state index contributed by atoms with van der Waals surface area (Å²) in [5.41, 5.74) is 1.96. The smallest absolute Gasteiger partial charge is 0.260 e. The van der Waals surface area contributed by atoms with E-state index in [1.807, 2.05) is 13.8 Å². The fraction of sp³-hybridized carbons (Fsp3) is 0.222. The molecule has 0 atom stereocenters. The number of fused-ring (bicyclic) bond motifs is 1. The molecule has 8 heteroatoms. The van der Waals surface area contributed by atoms with E-state index in [0.717, 1.165) is 10.4 Å². The molecule has 1 aromatic carbocycles. The van der Waals surface area contributed by atoms with Gasteiger partial charge in [0.25, 0.3) is 5.56 Å². The zero-order valence-electron chi connectivity index (χ0n) is 14.5. The van der Waals surface area contributed by atoms with Gasteiger partial charge in [0.05, 0.1) is 11.1 Å². The molecule has 2 heterocycles. The summed E-state index contributed by atoms with van der Waals surface area (Å²) in [6, 6.07) is 6.70. The molecule has 0 saturated heterocycles. The number of hydrogen-bond acceptors (Lipinski definition) is 6. The summed E-state index contributed by atoms with van der Waals surface area (Å²) in [7, 11) is 0. The van der Waals surface area contributed by atoms with Crippen molar-refractivity contribution >= 4 is 50.7 Å². The molecule has 3 rings (SSSR count). The van der Waals surface area contributed by atoms with Gasteiger partial charge in [-0.3, -0.25) is 14.4 Å². The monoisotopic (exact) mass is 387 g/mol. The van der Waals surface area contributed by atoms with Crippen LogP contribution in [0.5, 0.6) is 0 Å². The van der Waals surface area contributed by atoms with Gasteiger partial charge in [-0.1, -0.05) is 11.8 Å². The van der Waals surface area contributed by atoms with Crippen molar-refractivity contribution in [1.82, 2.24) is 9.97 Å². The number of hydrogen-bond donors (Lipinski definition) is 2. The highest BCUT2D eigenvalue weighted by atomic mass is 32.2. The quantitative estimate of drug-likeness (QED) is 0.397. The number of Topliss-reactive ketones (excluding diaryl/α,β-unsaturated/α-hetero) is 1. The number of aryl methyl sites for hydroxylation is 2. The van der Waals surface area contributed by atoms with Crippen molar-refractivity contribution in [2.24, 2.45) is 0 Å². The minimum absolute atomic E-state index is 0.0781. The topological polar surface area (TPSA) is 91.9 Å². The van der Waals surface area contributed by atoms with Gasteiger partial charge < -0.3 is 10.3 Å². The zero-order valence-corrected chi connectivity index (χ0v) is 16.1. The van der Waals surface area contributed by atoms with E-state index >= 15 is 0 Å². The molecule has 2 N–H and O–H groups in total. The molecule has 6 nitrogen and oxygen atoms in total. The fourth-order valence-electron chi connectivity index (χ4n) is 2.46. The molecule has 134 valence electrons. The van der Waals surface area contributed by atoms with Crippen LogP contribution >= 0.6 is 23.1 Å². The molecule has 3 aromatic rings. The Kier molecular flexibility index (Phi) is 5.24. The Morgan fingerprint density at radius 3 is 2.58 bits per heavy atom. The van der Waals surface area contributed by atoms with Gasteiger partial charge in [0.2, 0.25) is 5.91 Å². The molecular weight excluding hydrogens is 370 g/mol. The normalized spacial score (nSPS) is 10.9. The number of amides is 1. The number of benzene rings is 1. The van der Waals surface area contributed by atoms with E-state index in [2.05, 4.69) is 15.3 Å². The Morgan fingerprint density at radius 1 is 1.23 bits per heavy atom. The van der Waals surface area contributed by atoms with Crippen LogP contribution in [0.15, 0.2) is 34.2 Å². The summed E-state index contributed by atoms with van der Waals surface area (Å²) in [4.78, 5) is 44.6. The molecule has 1 amide bonds. The van der Waals surface area contributed by atoms with E-state index in [4.69, 9.17) is 0 Å². The van der Waals surface area contributed by atoms with Gasteiger partial charge in [-0.2, -0.15) is 0 Å². The maximum Gasteiger partial charge on any atom is 0.260 e. The first-order valence-electron chi connectivity index (χ1n) is 7.89. The number of nitrogens with zero attached hydrogens (tertiary/aromatic N) is 1. The largest absolute Gasteiger partial charge is 0.326 e. The third kappa shape index (κ3) is 3.86. The van der Waals surface area contributed by atoms with Crippen molar-refractivity contribution in [1.29, 1.82) is 0 Å². The Bertz CT molecular complexity index is 1050. The first-order valence-corrected chi connectivity index (χ1v) is 9.69. The summed E-state index contributed by atoms with van der Waals surface area (Å²) in [6.45, 7) is 5.30. The molecule has 26 heavy (non-hydrogen) atoms. The number of anilines is 1. The lowest BCUT2D eigenvalue weighted by Crippen LogP contribution is -2.10. The lowest BCUT2D eigenvalue weighted by molar-refractivity contribution is -0.114. The molecular formula is C18H17N3O3S2. The summed E-state index contributed by atoms with van der Waals surface area (Å²) < 4.78 is 0. The molecule has 0 aliphatic carbocycles. The standard InChI is InChI=1S/C18H17N3O3S2/c1-9-10(2)26-17-15(9)16(24)20-18(21-17)25-8-14(23)12-4-6-13(7-5-12)19-11(3)22/h4-7H,8H2,1-3H3,(H,19,22)(H,20,21,24). The number of aromatic amines is 1. The lowest BCUT2D eigenvalue weighted by Gasteiger charge is -2.04. The summed E-state index contributed by atoms with van der Waals surface area (Å²) >= 11 is 2.68. The highest BCUT2D eigenvalue weighted by molar-refractivity contribution is 7.99. The first-order chi connectivity index (χ1) is 12.3. The second-order valence-electron chi connectivity index (χ2n) is 5.80. The van der Waals surface area contributed by atoms with Crippen molar-refractivity contribution in [3.8, 4) is 0 Å². The molecule has 0 unspecified atom stereocenters. The highest BCUT2D eigenvalue weighted by Crippen LogP contribution is 2.27. The van der Waals surface area contributed by atoms with Gasteiger partial charge in [0.1, 0.15) is 4.83 Å². The van der Waals surface area contributed by atoms with E-state index in [1.165, 1.54) is 30.0 Å². The van der Waals surface area contributed by atoms with E-state index in [-0.39, 0.29) is 23.0 Å². The van der Waals surface area contributed by atoms with Crippen molar-refractivity contribution in [3.05, 3.63) is 50.6 Å². The first kappa shape index (κ1) is 18.3. The molecule has 0 bridgehead atoms. The predicted octanol–water partition coefficient (Wildman–Crippen LogP) is 3.53. The lowest BCUT2D eigenvalue weighted by atomic mass is 10.1. The second-order valence-corrected chi connectivity index (χ2v) is 7.97. The number of H-pyrrole nitrogens is 1. The number of nitrogens with one attached hydrogen (secondary N) is 2. The molecule has 0 fully saturated rings. The van der Waals surface area contributed by atoms with Crippen LogP contribution in [0.4, 0.5) is 5.69 Å². The van der Waals surface area contributed by atoms with E-state index in [1.54, 1.807) is 24.3 Å². The molecule has 0 aliphatic heterocycles. The van der Waals surface area contributed by atoms with Crippen LogP contribution in [0.2, 0.25) is 0 Å². The van der Waals surface area contributed by atoms with Crippen molar-refractivity contribution in [2.45, 2.75) is 25.9 Å². The van der Waals surface area contributed by atoms with Crippen LogP contribution in [-0.4, -0.2) is 27.4 Å². The Hall–Kier alpha value is -2.45. The number of thioether (sulfide) groups is 1. The van der Waals surface area contributed by atoms with Crippen LogP contribution in [0.3, 0.4) is 0 Å². The van der Waals surface area contributed by atoms with Gasteiger partial charge in [-0.25, -0.2) is 4.98 Å². The Morgan fingerprint density at radius 2 is 1.92 bits per heavy atom. The summed E-state index contributed by atoms with van der Waals surface area (Å²) in [5, 5.41) is 3.71. The minimum atomic E-state index is -0.175. The maximum atomic E-state index is 12.3. The van der Waals surface area contributed by atoms with Gasteiger partial charge in [0, 0.05) is 23.1 Å². The molecule has 2 aromatic heterocycles. The third-order valence-electron chi connectivity index (χ3n) is 3.88. The average Bonchev–Trinajstić information content (AvgIpc) is 2.87. The van der Waals surface area contributed by atoms with Gasteiger partial charge >= 0.3 is 0 Å². The van der Waals surface area contributed by atoms with Gasteiger partial charge in [-0.15, -0.1) is 11.3 Å². The molecule has 0 radical (unpaired) electrons. The number of ketones is 1. The SMILES string of the molecule is CC(=O)Nc1ccc(C(=O)CSc2nc3sc(C)c(C)c3c(=O)[nH]2)cc1. The summed E-state index contributed by atoms with van der Waals surface area (Å²) in [6.07, 6.45) is 0. The fourth-order valence-corrected chi connectivity index (χ4v) is 4.31. The van der Waals surface area contributed by atoms with Crippen LogP contribution in [0.25, 0.3) is 10.2 Å². The Balaban J connectivity index is 1.72.